The molecule has 0 aliphatic carbocycles. The zero-order valence-corrected chi connectivity index (χ0v) is 17.7. The van der Waals surface area contributed by atoms with Crippen LogP contribution in [-0.2, 0) is 14.8 Å². The molecule has 26 heavy (non-hydrogen) atoms. The number of nitrogens with one attached hydrogen (secondary N) is 2. The van der Waals surface area contributed by atoms with Crippen molar-refractivity contribution in [1.82, 2.24) is 14.9 Å². The van der Waals surface area contributed by atoms with Crippen molar-refractivity contribution >= 4 is 39.7 Å². The van der Waals surface area contributed by atoms with Gasteiger partial charge >= 0.3 is 0 Å². The van der Waals surface area contributed by atoms with E-state index in [1.54, 1.807) is 6.07 Å². The van der Waals surface area contributed by atoms with Crippen molar-refractivity contribution < 1.29 is 13.2 Å². The molecule has 1 amide bonds. The maximum Gasteiger partial charge on any atom is 0.252 e. The lowest BCUT2D eigenvalue weighted by Crippen LogP contribution is -2.54. The van der Waals surface area contributed by atoms with Gasteiger partial charge in [-0.1, -0.05) is 0 Å². The van der Waals surface area contributed by atoms with Crippen molar-refractivity contribution in [3.05, 3.63) is 17.0 Å². The lowest BCUT2D eigenvalue weighted by atomic mass is 9.95. The SMILES string of the molecule is Cc1ccc(S(=O)(=O)N2CCCC(C(=O)NC3CCCNC3C)C2)s1.Cl. The van der Waals surface area contributed by atoms with Gasteiger partial charge in [-0.05, 0) is 58.2 Å². The summed E-state index contributed by atoms with van der Waals surface area (Å²) < 4.78 is 27.5. The van der Waals surface area contributed by atoms with Gasteiger partial charge in [0.25, 0.3) is 10.0 Å². The predicted octanol–water partition coefficient (Wildman–Crippen LogP) is 2.14. The van der Waals surface area contributed by atoms with Crippen molar-refractivity contribution in [1.29, 1.82) is 0 Å². The van der Waals surface area contributed by atoms with Crippen LogP contribution < -0.4 is 10.6 Å². The number of sulfonamides is 1. The second kappa shape index (κ2) is 9.01. The smallest absolute Gasteiger partial charge is 0.252 e. The predicted molar refractivity (Wildman–Crippen MR) is 106 cm³/mol. The van der Waals surface area contributed by atoms with Crippen molar-refractivity contribution in [3.63, 3.8) is 0 Å². The van der Waals surface area contributed by atoms with Gasteiger partial charge in [0.1, 0.15) is 4.21 Å². The van der Waals surface area contributed by atoms with Crippen LogP contribution in [0.2, 0.25) is 0 Å². The highest BCUT2D eigenvalue weighted by Crippen LogP contribution is 2.28. The summed E-state index contributed by atoms with van der Waals surface area (Å²) >= 11 is 1.29. The van der Waals surface area contributed by atoms with Crippen molar-refractivity contribution in [2.24, 2.45) is 5.92 Å². The Morgan fingerprint density at radius 2 is 2.08 bits per heavy atom. The monoisotopic (exact) mass is 421 g/mol. The molecule has 0 aromatic carbocycles. The number of carbonyl (C=O) groups is 1. The third-order valence-corrected chi connectivity index (χ3v) is 8.49. The Morgan fingerprint density at radius 3 is 2.73 bits per heavy atom. The molecule has 0 radical (unpaired) electrons. The third kappa shape index (κ3) is 4.78. The number of hydrogen-bond donors (Lipinski definition) is 2. The Balaban J connectivity index is 0.00000243. The van der Waals surface area contributed by atoms with Gasteiger partial charge in [-0.3, -0.25) is 4.79 Å². The van der Waals surface area contributed by atoms with E-state index in [1.807, 2.05) is 13.0 Å². The number of nitrogens with zero attached hydrogens (tertiary/aromatic N) is 1. The van der Waals surface area contributed by atoms with E-state index in [-0.39, 0.29) is 42.9 Å². The van der Waals surface area contributed by atoms with Gasteiger partial charge in [0.2, 0.25) is 5.91 Å². The van der Waals surface area contributed by atoms with Crippen LogP contribution >= 0.6 is 23.7 Å². The minimum Gasteiger partial charge on any atom is -0.352 e. The van der Waals surface area contributed by atoms with Gasteiger partial charge in [-0.25, -0.2) is 8.42 Å². The maximum absolute atomic E-state index is 12.8. The van der Waals surface area contributed by atoms with Gasteiger partial charge in [-0.15, -0.1) is 23.7 Å². The normalized spacial score (nSPS) is 27.5. The highest BCUT2D eigenvalue weighted by atomic mass is 35.5. The van der Waals surface area contributed by atoms with Crippen LogP contribution in [-0.4, -0.2) is 50.3 Å². The minimum atomic E-state index is -3.49. The number of amides is 1. The first-order valence-corrected chi connectivity index (χ1v) is 11.2. The largest absolute Gasteiger partial charge is 0.352 e. The standard InChI is InChI=1S/C17H27N3O3S2.ClH/c1-12-7-8-16(24-12)25(22,23)20-10-4-5-14(11-20)17(21)19-15-6-3-9-18-13(15)2;/h7-8,13-15,18H,3-6,9-11H2,1-2H3,(H,19,21);1H. The molecule has 2 aliphatic rings. The van der Waals surface area contributed by atoms with Gasteiger partial charge in [-0.2, -0.15) is 4.31 Å². The number of halogens is 1. The summed E-state index contributed by atoms with van der Waals surface area (Å²) in [7, 11) is -3.49. The summed E-state index contributed by atoms with van der Waals surface area (Å²) in [5, 5.41) is 6.51. The highest BCUT2D eigenvalue weighted by molar-refractivity contribution is 7.91. The molecule has 1 aromatic heterocycles. The Kier molecular flexibility index (Phi) is 7.50. The minimum absolute atomic E-state index is 0. The quantitative estimate of drug-likeness (QED) is 0.780. The number of rotatable bonds is 4. The average Bonchev–Trinajstić information content (AvgIpc) is 3.04. The number of aryl methyl sites for hydroxylation is 1. The molecule has 0 bridgehead atoms. The Bertz CT molecular complexity index is 723. The van der Waals surface area contributed by atoms with Crippen molar-refractivity contribution in [2.75, 3.05) is 19.6 Å². The summed E-state index contributed by atoms with van der Waals surface area (Å²) in [6.45, 7) is 5.74. The number of thiophene rings is 1. The molecule has 3 rings (SSSR count). The zero-order valence-electron chi connectivity index (χ0n) is 15.2. The Labute approximate surface area is 166 Å². The molecule has 3 unspecified atom stereocenters. The molecule has 0 saturated carbocycles. The molecular formula is C17H28ClN3O3S2. The maximum atomic E-state index is 12.8. The lowest BCUT2D eigenvalue weighted by molar-refractivity contribution is -0.127. The Morgan fingerprint density at radius 1 is 1.31 bits per heavy atom. The zero-order chi connectivity index (χ0) is 18.0. The number of piperidine rings is 2. The first-order chi connectivity index (χ1) is 11.9. The van der Waals surface area contributed by atoms with Gasteiger partial charge in [0.05, 0.1) is 5.92 Å². The van der Waals surface area contributed by atoms with Crippen molar-refractivity contribution in [3.8, 4) is 0 Å². The van der Waals surface area contributed by atoms with E-state index >= 15 is 0 Å². The van der Waals surface area contributed by atoms with Crippen LogP contribution in [0.5, 0.6) is 0 Å². The molecule has 1 aromatic rings. The van der Waals surface area contributed by atoms with E-state index in [0.717, 1.165) is 37.1 Å². The van der Waals surface area contributed by atoms with E-state index < -0.39 is 10.0 Å². The third-order valence-electron chi connectivity index (χ3n) is 5.15. The molecule has 2 aliphatic heterocycles. The summed E-state index contributed by atoms with van der Waals surface area (Å²) in [5.74, 6) is -0.276. The number of carbonyl (C=O) groups excluding carboxylic acids is 1. The molecule has 2 saturated heterocycles. The van der Waals surface area contributed by atoms with Crippen LogP contribution in [0.15, 0.2) is 16.3 Å². The van der Waals surface area contributed by atoms with Gasteiger partial charge < -0.3 is 10.6 Å². The van der Waals surface area contributed by atoms with Crippen LogP contribution in [0.25, 0.3) is 0 Å². The molecule has 6 nitrogen and oxygen atoms in total. The molecule has 2 fully saturated rings. The summed E-state index contributed by atoms with van der Waals surface area (Å²) in [6.07, 6.45) is 3.50. The summed E-state index contributed by atoms with van der Waals surface area (Å²) in [6, 6.07) is 3.88. The molecule has 148 valence electrons. The second-order valence-electron chi connectivity index (χ2n) is 7.07. The fourth-order valence-corrected chi connectivity index (χ4v) is 6.56. The summed E-state index contributed by atoms with van der Waals surface area (Å²) in [5.41, 5.74) is 0. The fraction of sp³-hybridized carbons (Fsp3) is 0.706. The van der Waals surface area contributed by atoms with Crippen LogP contribution in [0.1, 0.15) is 37.5 Å². The molecule has 3 atom stereocenters. The fourth-order valence-electron chi connectivity index (χ4n) is 3.59. The van der Waals surface area contributed by atoms with E-state index in [4.69, 9.17) is 0 Å². The van der Waals surface area contributed by atoms with Crippen LogP contribution in [0.4, 0.5) is 0 Å². The summed E-state index contributed by atoms with van der Waals surface area (Å²) in [4.78, 5) is 13.6. The van der Waals surface area contributed by atoms with Crippen LogP contribution in [0.3, 0.4) is 0 Å². The van der Waals surface area contributed by atoms with E-state index in [9.17, 15) is 13.2 Å². The molecular weight excluding hydrogens is 394 g/mol. The lowest BCUT2D eigenvalue weighted by Gasteiger charge is -2.34. The topological polar surface area (TPSA) is 78.5 Å². The molecule has 0 spiro atoms. The first-order valence-electron chi connectivity index (χ1n) is 8.98. The average molecular weight is 422 g/mol. The highest BCUT2D eigenvalue weighted by Gasteiger charge is 2.35. The van der Waals surface area contributed by atoms with E-state index in [1.165, 1.54) is 15.6 Å². The molecule has 2 N–H and O–H groups in total. The molecule has 9 heteroatoms. The number of hydrogen-bond acceptors (Lipinski definition) is 5. The van der Waals surface area contributed by atoms with Crippen molar-refractivity contribution in [2.45, 2.75) is 55.8 Å². The molecule has 3 heterocycles. The Hall–Kier alpha value is -0.670. The van der Waals surface area contributed by atoms with Crippen LogP contribution in [0, 0.1) is 12.8 Å². The second-order valence-corrected chi connectivity index (χ2v) is 10.5. The van der Waals surface area contributed by atoms with Gasteiger partial charge in [0.15, 0.2) is 0 Å². The first kappa shape index (κ1) is 21.6. The van der Waals surface area contributed by atoms with E-state index in [2.05, 4.69) is 17.6 Å². The van der Waals surface area contributed by atoms with E-state index in [0.29, 0.717) is 10.8 Å². The van der Waals surface area contributed by atoms with Gasteiger partial charge in [0, 0.05) is 30.1 Å².